The van der Waals surface area contributed by atoms with Crippen molar-refractivity contribution >= 4 is 23.6 Å². The first kappa shape index (κ1) is 35.7. The summed E-state index contributed by atoms with van der Waals surface area (Å²) < 4.78 is 7.89. The normalized spacial score (nSPS) is 15.2. The molecular formula is C44H47N5O4. The SMILES string of the molecule is Cc1c(C(=O)N(C)c2ccccc2)cc(-c2cc3c(cc2C(=O)N2Cc4ccccc4C[C@H]2C)CN(C(=O)Oc2ccccc2)CC3)n1CCN(C)C. The molecule has 0 bridgehead atoms. The number of benzene rings is 4. The maximum Gasteiger partial charge on any atom is 0.415 e. The molecule has 0 radical (unpaired) electrons. The molecule has 0 fully saturated rings. The number of amides is 3. The molecule has 4 aromatic carbocycles. The molecule has 7 rings (SSSR count). The van der Waals surface area contributed by atoms with Gasteiger partial charge >= 0.3 is 6.09 Å². The third-order valence-electron chi connectivity index (χ3n) is 10.6. The average molecular weight is 710 g/mol. The Morgan fingerprint density at radius 3 is 2.17 bits per heavy atom. The summed E-state index contributed by atoms with van der Waals surface area (Å²) in [4.78, 5) is 49.9. The predicted molar refractivity (Wildman–Crippen MR) is 208 cm³/mol. The lowest BCUT2D eigenvalue weighted by molar-refractivity contribution is 0.0658. The number of carbonyl (C=O) groups is 3. The second kappa shape index (κ2) is 15.1. The van der Waals surface area contributed by atoms with Crippen LogP contribution >= 0.6 is 0 Å². The van der Waals surface area contributed by atoms with Crippen LogP contribution in [-0.2, 0) is 32.5 Å². The Morgan fingerprint density at radius 1 is 0.774 bits per heavy atom. The van der Waals surface area contributed by atoms with Crippen molar-refractivity contribution < 1.29 is 19.1 Å². The Labute approximate surface area is 312 Å². The van der Waals surface area contributed by atoms with Crippen LogP contribution in [0.1, 0.15) is 55.6 Å². The van der Waals surface area contributed by atoms with Gasteiger partial charge in [-0.2, -0.15) is 0 Å². The van der Waals surface area contributed by atoms with Gasteiger partial charge in [0.15, 0.2) is 0 Å². The summed E-state index contributed by atoms with van der Waals surface area (Å²) in [6.07, 6.45) is 0.956. The highest BCUT2D eigenvalue weighted by molar-refractivity contribution is 6.08. The summed E-state index contributed by atoms with van der Waals surface area (Å²) in [5, 5.41) is 0. The first-order valence-electron chi connectivity index (χ1n) is 18.3. The van der Waals surface area contributed by atoms with Crippen molar-refractivity contribution in [2.75, 3.05) is 39.1 Å². The van der Waals surface area contributed by atoms with E-state index in [9.17, 15) is 14.4 Å². The average Bonchev–Trinajstić information content (AvgIpc) is 3.51. The quantitative estimate of drug-likeness (QED) is 0.167. The van der Waals surface area contributed by atoms with Crippen LogP contribution in [0.5, 0.6) is 5.75 Å². The van der Waals surface area contributed by atoms with E-state index in [1.165, 1.54) is 5.56 Å². The van der Waals surface area contributed by atoms with Gasteiger partial charge in [-0.1, -0.05) is 60.7 Å². The van der Waals surface area contributed by atoms with Gasteiger partial charge in [-0.3, -0.25) is 9.59 Å². The van der Waals surface area contributed by atoms with Crippen molar-refractivity contribution in [2.24, 2.45) is 0 Å². The highest BCUT2D eigenvalue weighted by atomic mass is 16.6. The maximum absolute atomic E-state index is 15.0. The number of aromatic nitrogens is 1. The number of para-hydroxylation sites is 2. The lowest BCUT2D eigenvalue weighted by atomic mass is 9.90. The second-order valence-corrected chi connectivity index (χ2v) is 14.5. The van der Waals surface area contributed by atoms with E-state index in [1.807, 2.05) is 92.6 Å². The van der Waals surface area contributed by atoms with Crippen molar-refractivity contribution in [3.8, 4) is 17.0 Å². The zero-order valence-corrected chi connectivity index (χ0v) is 31.2. The molecule has 2 aliphatic rings. The molecule has 9 heteroatoms. The molecule has 53 heavy (non-hydrogen) atoms. The highest BCUT2D eigenvalue weighted by Crippen LogP contribution is 2.36. The third kappa shape index (κ3) is 7.35. The van der Waals surface area contributed by atoms with Crippen LogP contribution in [0.4, 0.5) is 10.5 Å². The lowest BCUT2D eigenvalue weighted by Gasteiger charge is -2.36. The molecule has 272 valence electrons. The fourth-order valence-electron chi connectivity index (χ4n) is 7.54. The summed E-state index contributed by atoms with van der Waals surface area (Å²) >= 11 is 0. The van der Waals surface area contributed by atoms with E-state index in [0.29, 0.717) is 49.5 Å². The lowest BCUT2D eigenvalue weighted by Crippen LogP contribution is -2.43. The van der Waals surface area contributed by atoms with E-state index in [0.717, 1.165) is 52.3 Å². The fourth-order valence-corrected chi connectivity index (χ4v) is 7.54. The van der Waals surface area contributed by atoms with Gasteiger partial charge in [0, 0.05) is 74.0 Å². The van der Waals surface area contributed by atoms with Crippen molar-refractivity contribution in [1.29, 1.82) is 0 Å². The number of nitrogens with zero attached hydrogens (tertiary/aromatic N) is 5. The summed E-state index contributed by atoms with van der Waals surface area (Å²) in [7, 11) is 5.86. The number of likely N-dealkylation sites (N-methyl/N-ethyl adjacent to an activating group) is 1. The van der Waals surface area contributed by atoms with Crippen LogP contribution in [0.25, 0.3) is 11.3 Å². The van der Waals surface area contributed by atoms with Gasteiger partial charge in [0.05, 0.1) is 5.56 Å². The molecule has 0 aliphatic carbocycles. The van der Waals surface area contributed by atoms with Gasteiger partial charge in [0.25, 0.3) is 11.8 Å². The number of fused-ring (bicyclic) bond motifs is 2. The van der Waals surface area contributed by atoms with Gasteiger partial charge in [0.1, 0.15) is 5.75 Å². The van der Waals surface area contributed by atoms with Crippen LogP contribution in [0, 0.1) is 6.92 Å². The second-order valence-electron chi connectivity index (χ2n) is 14.5. The summed E-state index contributed by atoms with van der Waals surface area (Å²) in [5.41, 5.74) is 8.84. The topological polar surface area (TPSA) is 78.3 Å². The van der Waals surface area contributed by atoms with Crippen molar-refractivity contribution in [2.45, 2.75) is 52.4 Å². The highest BCUT2D eigenvalue weighted by Gasteiger charge is 2.33. The van der Waals surface area contributed by atoms with Gasteiger partial charge in [-0.15, -0.1) is 0 Å². The monoisotopic (exact) mass is 709 g/mol. The van der Waals surface area contributed by atoms with E-state index < -0.39 is 6.09 Å². The maximum atomic E-state index is 15.0. The Kier molecular flexibility index (Phi) is 10.2. The smallest absolute Gasteiger partial charge is 0.410 e. The van der Waals surface area contributed by atoms with E-state index in [4.69, 9.17) is 4.74 Å². The zero-order chi connectivity index (χ0) is 37.2. The Balaban J connectivity index is 1.32. The number of ether oxygens (including phenoxy) is 1. The molecular weight excluding hydrogens is 663 g/mol. The summed E-state index contributed by atoms with van der Waals surface area (Å²) in [6.45, 7) is 6.79. The van der Waals surface area contributed by atoms with Crippen molar-refractivity contribution in [3.63, 3.8) is 0 Å². The van der Waals surface area contributed by atoms with Crippen LogP contribution in [0.2, 0.25) is 0 Å². The molecule has 1 atom stereocenters. The number of hydrogen-bond donors (Lipinski definition) is 0. The largest absolute Gasteiger partial charge is 0.415 e. The van der Waals surface area contributed by atoms with Gasteiger partial charge in [0.2, 0.25) is 0 Å². The molecule has 0 saturated heterocycles. The standard InChI is InChI=1S/C44H47N5O4/c1-30-24-32-14-12-13-15-34(32)29-49(30)43(51)40-26-35-28-47(44(52)53-37-18-10-7-11-19-37)21-20-33(35)25-39(40)41-27-38(31(2)48(41)23-22-45(3)4)42(50)46(5)36-16-8-6-9-17-36/h6-19,25-27,30H,20-24,28-29H2,1-5H3/t30-/m1/s1. The van der Waals surface area contributed by atoms with Gasteiger partial charge in [-0.25, -0.2) is 4.79 Å². The number of anilines is 1. The molecule has 0 spiro atoms. The fraction of sp³-hybridized carbons (Fsp3) is 0.295. The van der Waals surface area contributed by atoms with E-state index in [2.05, 4.69) is 40.7 Å². The molecule has 3 heterocycles. The molecule has 2 aliphatic heterocycles. The minimum Gasteiger partial charge on any atom is -0.410 e. The Hall–Kier alpha value is -5.67. The number of carbonyl (C=O) groups excluding carboxylic acids is 3. The Morgan fingerprint density at radius 2 is 1.45 bits per heavy atom. The molecule has 9 nitrogen and oxygen atoms in total. The first-order chi connectivity index (χ1) is 25.6. The van der Waals surface area contributed by atoms with Crippen molar-refractivity contribution in [1.82, 2.24) is 19.3 Å². The number of rotatable bonds is 8. The third-order valence-corrected chi connectivity index (χ3v) is 10.6. The van der Waals surface area contributed by atoms with Crippen molar-refractivity contribution in [3.05, 3.63) is 142 Å². The van der Waals surface area contributed by atoms with Crippen LogP contribution in [0.3, 0.4) is 0 Å². The first-order valence-corrected chi connectivity index (χ1v) is 18.3. The van der Waals surface area contributed by atoms with E-state index >= 15 is 0 Å². The van der Waals surface area contributed by atoms with Crippen LogP contribution < -0.4 is 9.64 Å². The Bertz CT molecular complexity index is 2140. The number of hydrogen-bond acceptors (Lipinski definition) is 5. The zero-order valence-electron chi connectivity index (χ0n) is 31.2. The minimum absolute atomic E-state index is 0.0162. The molecule has 0 N–H and O–H groups in total. The van der Waals surface area contributed by atoms with E-state index in [1.54, 1.807) is 29.0 Å². The minimum atomic E-state index is -0.418. The van der Waals surface area contributed by atoms with Gasteiger partial charge < -0.3 is 28.9 Å². The summed E-state index contributed by atoms with van der Waals surface area (Å²) in [6, 6.07) is 33.1. The van der Waals surface area contributed by atoms with Crippen LogP contribution in [0.15, 0.2) is 103 Å². The van der Waals surface area contributed by atoms with Crippen LogP contribution in [-0.4, -0.2) is 77.4 Å². The van der Waals surface area contributed by atoms with E-state index in [-0.39, 0.29) is 17.9 Å². The molecule has 0 saturated carbocycles. The van der Waals surface area contributed by atoms with Gasteiger partial charge in [-0.05, 0) is 106 Å². The summed E-state index contributed by atoms with van der Waals surface area (Å²) in [5.74, 6) is 0.310. The predicted octanol–water partition coefficient (Wildman–Crippen LogP) is 7.45. The molecule has 1 aromatic heterocycles. The molecule has 5 aromatic rings. The molecule has 3 amide bonds. The molecule has 0 unspecified atom stereocenters.